The number of halogens is 2. The Hall–Kier alpha value is -2.90. The lowest BCUT2D eigenvalue weighted by atomic mass is 9.64. The van der Waals surface area contributed by atoms with Gasteiger partial charge < -0.3 is 9.47 Å². The van der Waals surface area contributed by atoms with Crippen molar-refractivity contribution in [3.63, 3.8) is 0 Å². The lowest BCUT2D eigenvalue weighted by molar-refractivity contribution is -0.149. The minimum absolute atomic E-state index is 0.0136. The van der Waals surface area contributed by atoms with Gasteiger partial charge >= 0.3 is 11.9 Å². The second kappa shape index (κ2) is 8.57. The van der Waals surface area contributed by atoms with E-state index >= 15 is 0 Å². The Labute approximate surface area is 247 Å². The maximum absolute atomic E-state index is 13.0. The van der Waals surface area contributed by atoms with Crippen molar-refractivity contribution in [3.8, 4) is 0 Å². The van der Waals surface area contributed by atoms with Gasteiger partial charge in [-0.2, -0.15) is 0 Å². The van der Waals surface area contributed by atoms with E-state index in [-0.39, 0.29) is 64.8 Å². The number of ether oxygens (including phenoxy) is 2. The van der Waals surface area contributed by atoms with Gasteiger partial charge in [-0.1, -0.05) is 71.8 Å². The first-order valence-corrected chi connectivity index (χ1v) is 15.2. The third-order valence-electron chi connectivity index (χ3n) is 11.4. The van der Waals surface area contributed by atoms with Gasteiger partial charge in [-0.15, -0.1) is 0 Å². The van der Waals surface area contributed by atoms with Gasteiger partial charge in [-0.25, -0.2) is 9.59 Å². The molecule has 4 aliphatic carbocycles. The second-order valence-electron chi connectivity index (χ2n) is 12.6. The van der Waals surface area contributed by atoms with Crippen molar-refractivity contribution in [1.82, 2.24) is 10.6 Å². The molecule has 12 atom stereocenters. The number of hydrogen-bond acceptors (Lipinski definition) is 6. The zero-order chi connectivity index (χ0) is 27.6. The summed E-state index contributed by atoms with van der Waals surface area (Å²) in [5.41, 5.74) is 2.24. The van der Waals surface area contributed by atoms with Crippen LogP contribution >= 0.6 is 23.2 Å². The molecule has 8 heteroatoms. The SMILES string of the molecule is O=C1/C=C\C(=O)OC2NC(c3ccc(Cl)cc3)C3C2C2C=CC3C23C2C=CC3C3C(c4ccc(Cl)cc4)NC(O1)C32. The summed E-state index contributed by atoms with van der Waals surface area (Å²) < 4.78 is 12.1. The van der Waals surface area contributed by atoms with Gasteiger partial charge in [0, 0.05) is 46.1 Å². The van der Waals surface area contributed by atoms with E-state index < -0.39 is 24.4 Å². The smallest absolute Gasteiger partial charge is 0.332 e. The minimum atomic E-state index is -0.544. The summed E-state index contributed by atoms with van der Waals surface area (Å²) in [6.07, 6.45) is 11.1. The van der Waals surface area contributed by atoms with Crippen molar-refractivity contribution >= 4 is 35.1 Å². The molecule has 1 spiro atoms. The molecule has 12 unspecified atom stereocenters. The van der Waals surface area contributed by atoms with Crippen molar-refractivity contribution in [2.75, 3.05) is 0 Å². The maximum Gasteiger partial charge on any atom is 0.332 e. The van der Waals surface area contributed by atoms with Crippen LogP contribution in [-0.2, 0) is 19.1 Å². The minimum Gasteiger partial charge on any atom is -0.443 e. The summed E-state index contributed by atoms with van der Waals surface area (Å²) >= 11 is 12.5. The lowest BCUT2D eigenvalue weighted by Gasteiger charge is -2.41. The van der Waals surface area contributed by atoms with Crippen LogP contribution in [-0.4, -0.2) is 24.4 Å². The van der Waals surface area contributed by atoms with E-state index in [0.717, 1.165) is 11.1 Å². The van der Waals surface area contributed by atoms with Crippen molar-refractivity contribution in [2.24, 2.45) is 52.8 Å². The predicted octanol–water partition coefficient (Wildman–Crippen LogP) is 5.37. The number of rotatable bonds is 2. The second-order valence-corrected chi connectivity index (χ2v) is 13.5. The number of fused-ring (bicyclic) bond motifs is 2. The zero-order valence-electron chi connectivity index (χ0n) is 21.9. The molecule has 7 bridgehead atoms. The molecule has 0 amide bonds. The number of carbonyl (C=O) groups is 2. The van der Waals surface area contributed by atoms with E-state index in [9.17, 15) is 9.59 Å². The Morgan fingerprint density at radius 1 is 0.561 bits per heavy atom. The van der Waals surface area contributed by atoms with Crippen molar-refractivity contribution < 1.29 is 19.1 Å². The van der Waals surface area contributed by atoms with Gasteiger partial charge in [0.2, 0.25) is 0 Å². The predicted molar refractivity (Wildman–Crippen MR) is 152 cm³/mol. The number of esters is 2. The molecule has 208 valence electrons. The highest BCUT2D eigenvalue weighted by molar-refractivity contribution is 6.30. The van der Waals surface area contributed by atoms with Crippen LogP contribution in [0.15, 0.2) is 85.0 Å². The molecular weight excluding hydrogens is 559 g/mol. The molecule has 3 aliphatic heterocycles. The molecule has 41 heavy (non-hydrogen) atoms. The van der Waals surface area contributed by atoms with Crippen LogP contribution in [0.5, 0.6) is 0 Å². The van der Waals surface area contributed by atoms with Crippen molar-refractivity contribution in [2.45, 2.75) is 24.5 Å². The molecular formula is C33H28Cl2N2O4. The Morgan fingerprint density at radius 3 is 1.32 bits per heavy atom. The normalized spacial score (nSPS) is 46.7. The van der Waals surface area contributed by atoms with Gasteiger partial charge in [0.1, 0.15) is 0 Å². The molecule has 7 aliphatic rings. The van der Waals surface area contributed by atoms with Crippen LogP contribution in [0, 0.1) is 52.8 Å². The van der Waals surface area contributed by atoms with Crippen LogP contribution in [0.4, 0.5) is 0 Å². The molecule has 4 fully saturated rings. The highest BCUT2D eigenvalue weighted by atomic mass is 35.5. The molecule has 9 rings (SSSR count). The van der Waals surface area contributed by atoms with E-state index in [1.54, 1.807) is 0 Å². The maximum atomic E-state index is 13.0. The number of nitrogens with one attached hydrogen (secondary N) is 2. The largest absolute Gasteiger partial charge is 0.443 e. The van der Waals surface area contributed by atoms with Gasteiger partial charge in [-0.3, -0.25) is 10.6 Å². The fraction of sp³-hybridized carbons (Fsp3) is 0.394. The number of benzene rings is 2. The van der Waals surface area contributed by atoms with E-state index in [2.05, 4.69) is 59.2 Å². The summed E-state index contributed by atoms with van der Waals surface area (Å²) in [4.78, 5) is 26.0. The first-order valence-electron chi connectivity index (χ1n) is 14.4. The quantitative estimate of drug-likeness (QED) is 0.364. The zero-order valence-corrected chi connectivity index (χ0v) is 23.4. The third-order valence-corrected chi connectivity index (χ3v) is 11.9. The molecule has 2 saturated carbocycles. The van der Waals surface area contributed by atoms with E-state index in [0.29, 0.717) is 10.0 Å². The number of hydrogen-bond donors (Lipinski definition) is 2. The van der Waals surface area contributed by atoms with Gasteiger partial charge in [0.05, 0.1) is 0 Å². The van der Waals surface area contributed by atoms with Gasteiger partial charge in [0.25, 0.3) is 0 Å². The molecule has 6 nitrogen and oxygen atoms in total. The molecule has 0 radical (unpaired) electrons. The summed E-state index contributed by atoms with van der Waals surface area (Å²) in [7, 11) is 0. The Balaban J connectivity index is 1.20. The molecule has 3 heterocycles. The number of carbonyl (C=O) groups excluding carboxylic acids is 2. The summed E-state index contributed by atoms with van der Waals surface area (Å²) in [5.74, 6) is 0.663. The van der Waals surface area contributed by atoms with Crippen molar-refractivity contribution in [1.29, 1.82) is 0 Å². The van der Waals surface area contributed by atoms with Crippen LogP contribution in [0.3, 0.4) is 0 Å². The molecule has 0 aromatic heterocycles. The molecule has 2 aromatic carbocycles. The van der Waals surface area contributed by atoms with Gasteiger partial charge in [0.15, 0.2) is 12.5 Å². The van der Waals surface area contributed by atoms with Crippen molar-refractivity contribution in [3.05, 3.63) is 106 Å². The summed E-state index contributed by atoms with van der Waals surface area (Å²) in [6.45, 7) is 0. The van der Waals surface area contributed by atoms with Crippen LogP contribution in [0.1, 0.15) is 23.2 Å². The fourth-order valence-electron chi connectivity index (χ4n) is 10.4. The Kier molecular flexibility index (Phi) is 5.16. The Bertz CT molecular complexity index is 1440. The van der Waals surface area contributed by atoms with Crippen LogP contribution < -0.4 is 10.6 Å². The average Bonchev–Trinajstić information content (AvgIpc) is 3.80. The Morgan fingerprint density at radius 2 is 0.927 bits per heavy atom. The molecule has 2 aromatic rings. The highest BCUT2D eigenvalue weighted by Gasteiger charge is 2.79. The van der Waals surface area contributed by atoms with E-state index in [4.69, 9.17) is 32.7 Å². The summed E-state index contributed by atoms with van der Waals surface area (Å²) in [6, 6.07) is 16.1. The third kappa shape index (κ3) is 3.17. The highest BCUT2D eigenvalue weighted by Crippen LogP contribution is 2.80. The lowest BCUT2D eigenvalue weighted by Crippen LogP contribution is -2.45. The molecule has 2 N–H and O–H groups in total. The number of allylic oxidation sites excluding steroid dienone is 4. The average molecular weight is 588 g/mol. The van der Waals surface area contributed by atoms with E-state index in [1.165, 1.54) is 12.2 Å². The fourth-order valence-corrected chi connectivity index (χ4v) is 10.6. The first kappa shape index (κ1) is 24.7. The van der Waals surface area contributed by atoms with E-state index in [1.807, 2.05) is 24.3 Å². The summed E-state index contributed by atoms with van der Waals surface area (Å²) in [5, 5.41) is 8.76. The topological polar surface area (TPSA) is 76.7 Å². The monoisotopic (exact) mass is 586 g/mol. The van der Waals surface area contributed by atoms with Crippen LogP contribution in [0.25, 0.3) is 0 Å². The standard InChI is InChI=1S/C33H28Cl2N2O4/c34-17-5-1-15(2-6-17)29-25-19-9-11-21-27(25)31(36-29)40-23(38)13-14-24(39)41-32-28-22-12-10-20(33(19,21)22)26(28)30(37-32)16-3-7-18(35)8-4-16/h1-14,19-22,25-32,36-37H/b14-13-. The van der Waals surface area contributed by atoms with Gasteiger partial charge in [-0.05, 0) is 76.3 Å². The molecule has 2 saturated heterocycles. The van der Waals surface area contributed by atoms with Crippen LogP contribution in [0.2, 0.25) is 10.0 Å². The first-order chi connectivity index (χ1) is 19.9.